The second kappa shape index (κ2) is 6.16. The van der Waals surface area contributed by atoms with Crippen LogP contribution in [-0.2, 0) is 0 Å². The predicted octanol–water partition coefficient (Wildman–Crippen LogP) is 4.01. The van der Waals surface area contributed by atoms with Gasteiger partial charge in [-0.2, -0.15) is 0 Å². The van der Waals surface area contributed by atoms with Gasteiger partial charge < -0.3 is 5.32 Å². The summed E-state index contributed by atoms with van der Waals surface area (Å²) in [5, 5.41) is 3.29. The van der Waals surface area contributed by atoms with E-state index in [4.69, 9.17) is 11.6 Å². The first-order chi connectivity index (χ1) is 9.10. The summed E-state index contributed by atoms with van der Waals surface area (Å²) >= 11 is 8.07. The predicted molar refractivity (Wildman–Crippen MR) is 84.0 cm³/mol. The Bertz CT molecular complexity index is 626. The Labute approximate surface area is 129 Å². The molecule has 2 aromatic rings. The molecule has 0 atom stereocenters. The summed E-state index contributed by atoms with van der Waals surface area (Å²) in [5.74, 6) is -0.239. The van der Waals surface area contributed by atoms with E-state index in [2.05, 4.69) is 27.9 Å². The molecule has 5 heteroatoms. The highest BCUT2D eigenvalue weighted by Crippen LogP contribution is 2.20. The monoisotopic (exact) mass is 385 g/mol. The second-order valence-corrected chi connectivity index (χ2v) is 5.39. The van der Waals surface area contributed by atoms with Crippen LogP contribution in [0.1, 0.15) is 20.7 Å². The van der Waals surface area contributed by atoms with Crippen LogP contribution in [0.15, 0.2) is 42.5 Å². The largest absolute Gasteiger partial charge is 0.322 e. The maximum atomic E-state index is 12.0. The number of nitrogens with one attached hydrogen (secondary N) is 1. The second-order valence-electron chi connectivity index (χ2n) is 3.82. The number of hydrogen-bond donors (Lipinski definition) is 1. The number of hydrogen-bond acceptors (Lipinski definition) is 2. The molecule has 0 saturated heterocycles. The quantitative estimate of drug-likeness (QED) is 0.641. The molecule has 0 saturated carbocycles. The van der Waals surface area contributed by atoms with E-state index in [9.17, 15) is 9.59 Å². The highest BCUT2D eigenvalue weighted by Gasteiger charge is 2.08. The standard InChI is InChI=1S/C14H9ClINO2/c15-12-7-10(3-6-13(12)16)14(19)17-11-4-1-9(8-18)2-5-11/h1-8H,(H,17,19). The minimum atomic E-state index is -0.239. The fourth-order valence-corrected chi connectivity index (χ4v) is 2.00. The summed E-state index contributed by atoms with van der Waals surface area (Å²) in [7, 11) is 0. The third kappa shape index (κ3) is 3.54. The summed E-state index contributed by atoms with van der Waals surface area (Å²) < 4.78 is 0.895. The number of rotatable bonds is 3. The number of carbonyl (C=O) groups excluding carboxylic acids is 2. The van der Waals surface area contributed by atoms with E-state index in [1.54, 1.807) is 42.5 Å². The van der Waals surface area contributed by atoms with Crippen molar-refractivity contribution in [3.05, 3.63) is 62.2 Å². The van der Waals surface area contributed by atoms with E-state index in [1.165, 1.54) is 0 Å². The molecule has 19 heavy (non-hydrogen) atoms. The number of anilines is 1. The molecule has 0 unspecified atom stereocenters. The van der Waals surface area contributed by atoms with Gasteiger partial charge in [0.05, 0.1) is 5.02 Å². The highest BCUT2D eigenvalue weighted by atomic mass is 127. The third-order valence-electron chi connectivity index (χ3n) is 2.49. The molecule has 0 heterocycles. The van der Waals surface area contributed by atoms with E-state index in [0.717, 1.165) is 9.86 Å². The minimum Gasteiger partial charge on any atom is -0.322 e. The first-order valence-corrected chi connectivity index (χ1v) is 6.87. The summed E-state index contributed by atoms with van der Waals surface area (Å²) in [6.45, 7) is 0. The average Bonchev–Trinajstić information content (AvgIpc) is 2.42. The molecular weight excluding hydrogens is 377 g/mol. The number of aldehydes is 1. The van der Waals surface area contributed by atoms with E-state index >= 15 is 0 Å². The van der Waals surface area contributed by atoms with Gasteiger partial charge in [-0.25, -0.2) is 0 Å². The van der Waals surface area contributed by atoms with Crippen LogP contribution in [0.4, 0.5) is 5.69 Å². The molecule has 0 aliphatic carbocycles. The van der Waals surface area contributed by atoms with E-state index in [0.29, 0.717) is 21.8 Å². The molecule has 1 N–H and O–H groups in total. The Morgan fingerprint density at radius 1 is 1.16 bits per heavy atom. The zero-order valence-electron chi connectivity index (χ0n) is 9.69. The molecule has 0 spiro atoms. The van der Waals surface area contributed by atoms with Crippen molar-refractivity contribution in [1.29, 1.82) is 0 Å². The van der Waals surface area contributed by atoms with Gasteiger partial charge in [0.2, 0.25) is 0 Å². The van der Waals surface area contributed by atoms with Crippen molar-refractivity contribution in [1.82, 2.24) is 0 Å². The number of halogens is 2. The van der Waals surface area contributed by atoms with Crippen LogP contribution in [0, 0.1) is 3.57 Å². The zero-order chi connectivity index (χ0) is 13.8. The van der Waals surface area contributed by atoms with Crippen molar-refractivity contribution in [2.75, 3.05) is 5.32 Å². The van der Waals surface area contributed by atoms with Crippen molar-refractivity contribution in [2.45, 2.75) is 0 Å². The molecule has 1 amide bonds. The lowest BCUT2D eigenvalue weighted by molar-refractivity contribution is 0.102. The smallest absolute Gasteiger partial charge is 0.255 e. The molecule has 0 aliphatic heterocycles. The number of amides is 1. The lowest BCUT2D eigenvalue weighted by Gasteiger charge is -2.06. The Morgan fingerprint density at radius 3 is 2.42 bits per heavy atom. The summed E-state index contributed by atoms with van der Waals surface area (Å²) in [5.41, 5.74) is 1.69. The molecule has 2 aromatic carbocycles. The molecule has 0 aromatic heterocycles. The molecule has 0 bridgehead atoms. The normalized spacial score (nSPS) is 10.0. The van der Waals surface area contributed by atoms with Gasteiger partial charge in [-0.15, -0.1) is 0 Å². The molecule has 3 nitrogen and oxygen atoms in total. The topological polar surface area (TPSA) is 46.2 Å². The Hall–Kier alpha value is -1.40. The van der Waals surface area contributed by atoms with Gasteiger partial charge in [-0.05, 0) is 65.1 Å². The third-order valence-corrected chi connectivity index (χ3v) is 4.06. The highest BCUT2D eigenvalue weighted by molar-refractivity contribution is 14.1. The van der Waals surface area contributed by atoms with Gasteiger partial charge in [0.1, 0.15) is 6.29 Å². The maximum absolute atomic E-state index is 12.0. The fourth-order valence-electron chi connectivity index (χ4n) is 1.49. The Morgan fingerprint density at radius 2 is 1.84 bits per heavy atom. The van der Waals surface area contributed by atoms with E-state index < -0.39 is 0 Å². The van der Waals surface area contributed by atoms with E-state index in [1.807, 2.05) is 0 Å². The molecule has 2 rings (SSSR count). The molecule has 96 valence electrons. The van der Waals surface area contributed by atoms with Crippen LogP contribution in [0.5, 0.6) is 0 Å². The average molecular weight is 386 g/mol. The van der Waals surface area contributed by atoms with Crippen molar-refractivity contribution < 1.29 is 9.59 Å². The first kappa shape index (κ1) is 14.0. The van der Waals surface area contributed by atoms with Crippen molar-refractivity contribution in [3.8, 4) is 0 Å². The molecular formula is C14H9ClINO2. The van der Waals surface area contributed by atoms with Crippen LogP contribution in [-0.4, -0.2) is 12.2 Å². The van der Waals surface area contributed by atoms with Crippen molar-refractivity contribution >= 4 is 52.1 Å². The summed E-state index contributed by atoms with van der Waals surface area (Å²) in [6, 6.07) is 11.8. The van der Waals surface area contributed by atoms with Gasteiger partial charge >= 0.3 is 0 Å². The Balaban J connectivity index is 2.15. The minimum absolute atomic E-state index is 0.239. The first-order valence-electron chi connectivity index (χ1n) is 5.42. The van der Waals surface area contributed by atoms with Crippen LogP contribution < -0.4 is 5.32 Å². The van der Waals surface area contributed by atoms with Gasteiger partial charge in [-0.3, -0.25) is 9.59 Å². The van der Waals surface area contributed by atoms with Gasteiger partial charge in [0.15, 0.2) is 0 Å². The summed E-state index contributed by atoms with van der Waals surface area (Å²) in [6.07, 6.45) is 0.754. The van der Waals surface area contributed by atoms with Gasteiger partial charge in [-0.1, -0.05) is 11.6 Å². The van der Waals surface area contributed by atoms with Crippen LogP contribution in [0.2, 0.25) is 5.02 Å². The molecule has 0 fully saturated rings. The lowest BCUT2D eigenvalue weighted by atomic mass is 10.2. The van der Waals surface area contributed by atoms with Crippen LogP contribution >= 0.6 is 34.2 Å². The summed E-state index contributed by atoms with van der Waals surface area (Å²) in [4.78, 5) is 22.5. The number of carbonyl (C=O) groups is 2. The van der Waals surface area contributed by atoms with Crippen molar-refractivity contribution in [2.24, 2.45) is 0 Å². The number of benzene rings is 2. The SMILES string of the molecule is O=Cc1ccc(NC(=O)c2ccc(I)c(Cl)c2)cc1. The van der Waals surface area contributed by atoms with E-state index in [-0.39, 0.29) is 5.91 Å². The maximum Gasteiger partial charge on any atom is 0.255 e. The zero-order valence-corrected chi connectivity index (χ0v) is 12.6. The van der Waals surface area contributed by atoms with Crippen molar-refractivity contribution in [3.63, 3.8) is 0 Å². The molecule has 0 radical (unpaired) electrons. The van der Waals surface area contributed by atoms with Gasteiger partial charge in [0.25, 0.3) is 5.91 Å². The Kier molecular flexibility index (Phi) is 4.55. The lowest BCUT2D eigenvalue weighted by Crippen LogP contribution is -2.11. The molecule has 0 aliphatic rings. The van der Waals surface area contributed by atoms with Gasteiger partial charge in [0, 0.05) is 20.4 Å². The fraction of sp³-hybridized carbons (Fsp3) is 0. The van der Waals surface area contributed by atoms with Crippen LogP contribution in [0.3, 0.4) is 0 Å². The van der Waals surface area contributed by atoms with Crippen LogP contribution in [0.25, 0.3) is 0 Å².